The van der Waals surface area contributed by atoms with Gasteiger partial charge in [0, 0.05) is 85.4 Å². The number of piperazine rings is 1. The van der Waals surface area contributed by atoms with Gasteiger partial charge in [0.15, 0.2) is 12.6 Å². The highest BCUT2D eigenvalue weighted by Gasteiger charge is 2.59. The minimum absolute atomic E-state index is 0.0478. The lowest BCUT2D eigenvalue weighted by Crippen LogP contribution is -2.66. The minimum atomic E-state index is -4.08. The maximum absolute atomic E-state index is 13.8. The van der Waals surface area contributed by atoms with Gasteiger partial charge in [0.25, 0.3) is 10.0 Å². The van der Waals surface area contributed by atoms with E-state index in [0.717, 1.165) is 29.7 Å². The number of hydrogen-bond acceptors (Lipinski definition) is 22. The number of nitrogens with zero attached hydrogens (tertiary/aromatic N) is 3. The smallest absolute Gasteiger partial charge is 0.315 e. The Morgan fingerprint density at radius 2 is 1.53 bits per heavy atom. The molecule has 27 heteroatoms. The van der Waals surface area contributed by atoms with Gasteiger partial charge in [-0.15, -0.1) is 0 Å². The summed E-state index contributed by atoms with van der Waals surface area (Å²) in [5, 5.41) is 115. The average molecular weight is 1150 g/mol. The number of anilines is 2. The number of hydrogen-bond donors (Lipinski definition) is 13. The summed E-state index contributed by atoms with van der Waals surface area (Å²) in [5.74, 6) is 4.55. The molecule has 1 unspecified atom stereocenters. The van der Waals surface area contributed by atoms with Gasteiger partial charge in [0.1, 0.15) is 79.8 Å². The van der Waals surface area contributed by atoms with Gasteiger partial charge in [-0.1, -0.05) is 42.5 Å². The molecule has 3 aromatic rings. The van der Waals surface area contributed by atoms with Crippen molar-refractivity contribution in [1.29, 1.82) is 0 Å². The molecule has 6 heterocycles. The van der Waals surface area contributed by atoms with E-state index in [9.17, 15) is 69.1 Å². The van der Waals surface area contributed by atoms with Crippen LogP contribution >= 0.6 is 11.8 Å². The second-order valence-corrected chi connectivity index (χ2v) is 23.8. The van der Waals surface area contributed by atoms with Crippen LogP contribution in [0.2, 0.25) is 0 Å². The van der Waals surface area contributed by atoms with E-state index in [1.54, 1.807) is 35.2 Å². The van der Waals surface area contributed by atoms with Crippen molar-refractivity contribution in [3.8, 4) is 11.8 Å². The molecule has 6 saturated heterocycles. The van der Waals surface area contributed by atoms with Crippen molar-refractivity contribution in [2.75, 3.05) is 75.5 Å². The van der Waals surface area contributed by atoms with Crippen LogP contribution in [-0.4, -0.2) is 256 Å². The Balaban J connectivity index is 0.899. The number of ether oxygens (including phenoxy) is 5. The number of aliphatic hydroxyl groups excluding tert-OH is 10. The highest BCUT2D eigenvalue weighted by atomic mass is 32.2. The van der Waals surface area contributed by atoms with E-state index in [1.165, 1.54) is 18.2 Å². The standard InChI is InChI=1S/C52H70N6O19S2/c1-56(2)32-9-5-8-30-29(32)7-6-11-37(30)79(71,72)55-28-16-13-27(14-17-28)15-18-33(57-19-21-58(22-20-57)38(61)12-4-3-10-36-39-31(25-78-36)53-51(70)54-39)47-44(66)43(65)45(67)49(75-47)73-24-35-40(62)42(64)46(68)50(74-35)77-52(26-60)48(69)41(63)34(23-59)76-52/h5-9,11,13-14,16-17,31,33-36,39-50,55,59-60,62-69H,3-4,10,12,19-26H2,1-2H3,(H2,53,54,70)/t31-,33?,34+,35+,36-,39-,40+,41+,42-,43-,44+,45+,46+,47+,48-,49-,50+,52-/m0/s1. The van der Waals surface area contributed by atoms with Crippen molar-refractivity contribution < 1.29 is 92.8 Å². The molecule has 0 spiro atoms. The third-order valence-electron chi connectivity index (χ3n) is 15.5. The molecular formula is C52H70N6O19S2. The highest BCUT2D eigenvalue weighted by molar-refractivity contribution is 8.00. The number of sulfonamides is 1. The van der Waals surface area contributed by atoms with Crippen molar-refractivity contribution in [2.45, 2.75) is 139 Å². The molecule has 0 saturated carbocycles. The molecule has 0 aromatic heterocycles. The third kappa shape index (κ3) is 12.5. The zero-order valence-corrected chi connectivity index (χ0v) is 45.0. The summed E-state index contributed by atoms with van der Waals surface area (Å²) in [7, 11) is -0.339. The first-order valence-corrected chi connectivity index (χ1v) is 28.8. The van der Waals surface area contributed by atoms with Crippen LogP contribution in [0.4, 0.5) is 16.2 Å². The average Bonchev–Trinajstić information content (AvgIpc) is 4.14. The monoisotopic (exact) mass is 1150 g/mol. The van der Waals surface area contributed by atoms with Gasteiger partial charge in [0.05, 0.1) is 30.2 Å². The normalized spacial score (nSPS) is 35.3. The lowest BCUT2D eigenvalue weighted by atomic mass is 9.92. The maximum Gasteiger partial charge on any atom is 0.315 e. The van der Waals surface area contributed by atoms with Crippen molar-refractivity contribution in [2.24, 2.45) is 0 Å². The van der Waals surface area contributed by atoms with Crippen LogP contribution in [0.15, 0.2) is 65.6 Å². The molecule has 0 radical (unpaired) electrons. The Hall–Kier alpha value is -4.52. The molecule has 0 aliphatic carbocycles. The van der Waals surface area contributed by atoms with E-state index in [2.05, 4.69) is 27.2 Å². The van der Waals surface area contributed by atoms with Crippen molar-refractivity contribution in [3.63, 3.8) is 0 Å². The van der Waals surface area contributed by atoms with Crippen molar-refractivity contribution >= 4 is 55.9 Å². The van der Waals surface area contributed by atoms with Gasteiger partial charge in [-0.2, -0.15) is 11.8 Å². The van der Waals surface area contributed by atoms with Crippen molar-refractivity contribution in [3.05, 3.63) is 66.2 Å². The molecule has 6 aliphatic rings. The summed E-state index contributed by atoms with van der Waals surface area (Å²) in [5.41, 5.74) is 1.51. The molecule has 0 bridgehead atoms. The fourth-order valence-corrected chi connectivity index (χ4v) is 13.8. The Morgan fingerprint density at radius 1 is 0.835 bits per heavy atom. The zero-order chi connectivity index (χ0) is 56.5. The van der Waals surface area contributed by atoms with Gasteiger partial charge in [-0.25, -0.2) is 13.2 Å². The number of amides is 3. The van der Waals surface area contributed by atoms with E-state index in [1.807, 2.05) is 47.8 Å². The van der Waals surface area contributed by atoms with Crippen LogP contribution < -0.4 is 20.3 Å². The van der Waals surface area contributed by atoms with Gasteiger partial charge in [0.2, 0.25) is 11.7 Å². The first kappa shape index (κ1) is 59.1. The van der Waals surface area contributed by atoms with Crippen LogP contribution in [0.25, 0.3) is 10.8 Å². The number of urea groups is 1. The Morgan fingerprint density at radius 3 is 2.23 bits per heavy atom. The number of fused-ring (bicyclic) bond motifs is 2. The lowest BCUT2D eigenvalue weighted by Gasteiger charge is -2.47. The van der Waals surface area contributed by atoms with Crippen LogP contribution in [-0.2, 0) is 38.5 Å². The molecule has 3 amide bonds. The quantitative estimate of drug-likeness (QED) is 0.0338. The SMILES string of the molecule is CN(C)c1cccc2c(S(=O)(=O)Nc3ccc(C#CC([C@H]4O[C@H](OC[C@H]5O[C@H](O[C@]6(CO)O[C@H](CO)[C@@H](O)[C@@H]6O)[C@H](O)[C@@H](O)[C@@H]5O)[C@H](O)[C@@H](O)[C@H]4O)N4CCN(C(=O)CCCC[C@@H]5SC[C@@H]6NC(=O)N[C@@H]65)CC4)cc3)cccc12. The van der Waals surface area contributed by atoms with Gasteiger partial charge >= 0.3 is 6.03 Å². The lowest BCUT2D eigenvalue weighted by molar-refractivity contribution is -0.388. The molecule has 13 N–H and O–H groups in total. The number of thioether (sulfide) groups is 1. The molecule has 79 heavy (non-hydrogen) atoms. The molecule has 3 aromatic carbocycles. The van der Waals surface area contributed by atoms with Gasteiger partial charge in [-0.05, 0) is 49.2 Å². The fourth-order valence-electron chi connectivity index (χ4n) is 11.0. The second-order valence-electron chi connectivity index (χ2n) is 20.9. The maximum atomic E-state index is 13.8. The number of aliphatic hydroxyl groups is 10. The van der Waals surface area contributed by atoms with Crippen LogP contribution in [0, 0.1) is 11.8 Å². The van der Waals surface area contributed by atoms with Gasteiger partial charge < -0.3 is 95.2 Å². The Kier molecular flexibility index (Phi) is 18.6. The zero-order valence-electron chi connectivity index (χ0n) is 43.4. The molecule has 18 atom stereocenters. The van der Waals surface area contributed by atoms with E-state index in [4.69, 9.17) is 23.7 Å². The summed E-state index contributed by atoms with van der Waals surface area (Å²) >= 11 is 1.81. The second kappa shape index (κ2) is 24.9. The number of nitrogens with one attached hydrogen (secondary N) is 3. The molecule has 434 valence electrons. The van der Waals surface area contributed by atoms with Gasteiger partial charge in [-0.3, -0.25) is 14.4 Å². The Labute approximate surface area is 460 Å². The minimum Gasteiger partial charge on any atom is -0.394 e. The van der Waals surface area contributed by atoms with Crippen LogP contribution in [0.5, 0.6) is 0 Å². The number of benzene rings is 3. The molecule has 6 fully saturated rings. The number of carbonyl (C=O) groups excluding carboxylic acids is 2. The number of unbranched alkanes of at least 4 members (excludes halogenated alkanes) is 1. The van der Waals surface area contributed by atoms with E-state index < -0.39 is 121 Å². The van der Waals surface area contributed by atoms with Crippen LogP contribution in [0.1, 0.15) is 31.2 Å². The fraction of sp³-hybridized carbons (Fsp3) is 0.615. The summed E-state index contributed by atoms with van der Waals surface area (Å²) in [6.07, 6.45) is -20.8. The third-order valence-corrected chi connectivity index (χ3v) is 18.4. The molecule has 6 aliphatic heterocycles. The highest BCUT2D eigenvalue weighted by Crippen LogP contribution is 2.38. The summed E-state index contributed by atoms with van der Waals surface area (Å²) in [6, 6.07) is 15.7. The summed E-state index contributed by atoms with van der Waals surface area (Å²) in [6.45, 7) is -1.66. The van der Waals surface area contributed by atoms with E-state index in [-0.39, 0.29) is 66.0 Å². The molecular weight excluding hydrogens is 1080 g/mol. The number of rotatable bonds is 18. The predicted molar refractivity (Wildman–Crippen MR) is 282 cm³/mol. The Bertz CT molecular complexity index is 2790. The van der Waals surface area contributed by atoms with Crippen molar-refractivity contribution in [1.82, 2.24) is 20.4 Å². The van der Waals surface area contributed by atoms with E-state index >= 15 is 0 Å². The summed E-state index contributed by atoms with van der Waals surface area (Å²) in [4.78, 5) is 30.9. The van der Waals surface area contributed by atoms with Crippen LogP contribution in [0.3, 0.4) is 0 Å². The molecule has 9 rings (SSSR count). The first-order valence-electron chi connectivity index (χ1n) is 26.2. The summed E-state index contributed by atoms with van der Waals surface area (Å²) < 4.78 is 59.1. The number of carbonyl (C=O) groups is 2. The first-order chi connectivity index (χ1) is 37.7. The predicted octanol–water partition coefficient (Wildman–Crippen LogP) is -3.25. The van der Waals surface area contributed by atoms with E-state index in [0.29, 0.717) is 23.8 Å². The largest absolute Gasteiger partial charge is 0.394 e. The topological polar surface area (TPSA) is 363 Å². The molecule has 25 nitrogen and oxygen atoms in total.